The van der Waals surface area contributed by atoms with Crippen molar-refractivity contribution in [2.24, 2.45) is 40.4 Å². The second-order valence-electron chi connectivity index (χ2n) is 11.1. The van der Waals surface area contributed by atoms with Gasteiger partial charge in [-0.1, -0.05) is 13.8 Å². The molecule has 7 unspecified atom stereocenters. The summed E-state index contributed by atoms with van der Waals surface area (Å²) in [4.78, 5) is 2.60. The van der Waals surface area contributed by atoms with E-state index in [1.807, 2.05) is 0 Å². The number of fused-ring (bicyclic) bond motifs is 2. The third-order valence-corrected chi connectivity index (χ3v) is 10.7. The Kier molecular flexibility index (Phi) is 3.33. The van der Waals surface area contributed by atoms with Crippen molar-refractivity contribution in [2.45, 2.75) is 75.9 Å². The van der Waals surface area contributed by atoms with Crippen LogP contribution in [0.5, 0.6) is 0 Å². The van der Waals surface area contributed by atoms with Crippen molar-refractivity contribution in [3.05, 3.63) is 0 Å². The fourth-order valence-corrected chi connectivity index (χ4v) is 10.1. The van der Waals surface area contributed by atoms with Crippen molar-refractivity contribution in [3.8, 4) is 0 Å². The first-order chi connectivity index (χ1) is 12.8. The Morgan fingerprint density at radius 1 is 1.19 bits per heavy atom. The maximum Gasteiger partial charge on any atom is 0.0771 e. The molecular weight excluding hydrogens is 342 g/mol. The summed E-state index contributed by atoms with van der Waals surface area (Å²) < 4.78 is 5.79. The van der Waals surface area contributed by atoms with Gasteiger partial charge in [-0.2, -0.15) is 0 Å². The Labute approximate surface area is 162 Å². The van der Waals surface area contributed by atoms with Crippen molar-refractivity contribution in [3.63, 3.8) is 0 Å². The van der Waals surface area contributed by atoms with Crippen LogP contribution >= 0.6 is 0 Å². The molecule has 0 aromatic rings. The highest BCUT2D eigenvalue weighted by Gasteiger charge is 2.82. The van der Waals surface area contributed by atoms with E-state index in [9.17, 15) is 15.3 Å². The van der Waals surface area contributed by atoms with Crippen molar-refractivity contribution < 1.29 is 20.1 Å². The monoisotopic (exact) mass is 377 g/mol. The zero-order valence-electron chi connectivity index (χ0n) is 16.8. The summed E-state index contributed by atoms with van der Waals surface area (Å²) in [5.41, 5.74) is -0.788. The zero-order valence-corrected chi connectivity index (χ0v) is 16.8. The second-order valence-corrected chi connectivity index (χ2v) is 11.1. The molecule has 27 heavy (non-hydrogen) atoms. The first kappa shape index (κ1) is 17.6. The summed E-state index contributed by atoms with van der Waals surface area (Å²) in [5.74, 6) is 0.840. The number of hydrogen-bond donors (Lipinski definition) is 3. The fourth-order valence-electron chi connectivity index (χ4n) is 10.1. The predicted molar refractivity (Wildman–Crippen MR) is 99.9 cm³/mol. The van der Waals surface area contributed by atoms with E-state index >= 15 is 0 Å². The summed E-state index contributed by atoms with van der Waals surface area (Å²) in [6.07, 6.45) is 3.66. The van der Waals surface area contributed by atoms with Crippen molar-refractivity contribution in [1.82, 2.24) is 4.90 Å². The standard InChI is InChI=1S/C22H35NO4/c1-4-23-10-20(2)6-5-16(24)22-12-7-11-14(27-3)9-21(26,17(12)18(11)25)13(19(22)23)8-15(20)22/h11-19,24-26H,4-10H2,1-3H3/t11-,12?,13?,14+,15?,16?,17?,18?,19+,20+,21+,22?/m1/s1. The van der Waals surface area contributed by atoms with Gasteiger partial charge in [-0.3, -0.25) is 4.90 Å². The Balaban J connectivity index is 1.59. The van der Waals surface area contributed by atoms with E-state index in [-0.39, 0.29) is 52.8 Å². The van der Waals surface area contributed by atoms with Crippen LogP contribution in [-0.4, -0.2) is 70.4 Å². The number of piperidine rings is 1. The minimum absolute atomic E-state index is 0.0657. The fraction of sp³-hybridized carbons (Fsp3) is 1.00. The lowest BCUT2D eigenvalue weighted by molar-refractivity contribution is -0.266. The van der Waals surface area contributed by atoms with Gasteiger partial charge >= 0.3 is 0 Å². The molecule has 1 spiro atoms. The molecular formula is C22H35NO4. The number of aliphatic hydroxyl groups is 3. The van der Waals surface area contributed by atoms with E-state index in [4.69, 9.17) is 4.74 Å². The number of likely N-dealkylation sites (tertiary alicyclic amines) is 1. The summed E-state index contributed by atoms with van der Waals surface area (Å²) in [6.45, 7) is 6.74. The van der Waals surface area contributed by atoms with Crippen LogP contribution in [0.1, 0.15) is 46.0 Å². The summed E-state index contributed by atoms with van der Waals surface area (Å²) in [7, 11) is 1.73. The molecule has 0 aromatic heterocycles. The van der Waals surface area contributed by atoms with Crippen molar-refractivity contribution in [1.29, 1.82) is 0 Å². The van der Waals surface area contributed by atoms with E-state index in [0.717, 1.165) is 38.8 Å². The van der Waals surface area contributed by atoms with Gasteiger partial charge in [-0.25, -0.2) is 0 Å². The van der Waals surface area contributed by atoms with Crippen LogP contribution in [0, 0.1) is 40.4 Å². The topological polar surface area (TPSA) is 73.2 Å². The van der Waals surface area contributed by atoms with Crippen LogP contribution in [0.25, 0.3) is 0 Å². The third kappa shape index (κ3) is 1.66. The Bertz CT molecular complexity index is 673. The molecule has 1 aliphatic heterocycles. The molecule has 0 aromatic carbocycles. The van der Waals surface area contributed by atoms with E-state index in [1.165, 1.54) is 0 Å². The van der Waals surface area contributed by atoms with Gasteiger partial charge in [-0.15, -0.1) is 0 Å². The summed E-state index contributed by atoms with van der Waals surface area (Å²) in [6, 6.07) is 0.253. The van der Waals surface area contributed by atoms with Crippen LogP contribution in [0.4, 0.5) is 0 Å². The van der Waals surface area contributed by atoms with E-state index in [2.05, 4.69) is 18.7 Å². The van der Waals surface area contributed by atoms with Crippen molar-refractivity contribution in [2.75, 3.05) is 20.2 Å². The molecule has 5 heteroatoms. The van der Waals surface area contributed by atoms with Crippen LogP contribution in [-0.2, 0) is 4.74 Å². The molecule has 3 N–H and O–H groups in total. The molecule has 6 fully saturated rings. The highest BCUT2D eigenvalue weighted by atomic mass is 16.5. The minimum atomic E-state index is -0.858. The molecule has 5 saturated carbocycles. The van der Waals surface area contributed by atoms with Gasteiger partial charge in [0.15, 0.2) is 0 Å². The highest BCUT2D eigenvalue weighted by Crippen LogP contribution is 2.78. The second kappa shape index (κ2) is 5.10. The molecule has 7 bridgehead atoms. The predicted octanol–water partition coefficient (Wildman–Crippen LogP) is 1.25. The number of ether oxygens (including phenoxy) is 1. The Morgan fingerprint density at radius 3 is 2.67 bits per heavy atom. The smallest absolute Gasteiger partial charge is 0.0771 e. The molecule has 6 aliphatic rings. The maximum absolute atomic E-state index is 12.1. The van der Waals surface area contributed by atoms with E-state index in [0.29, 0.717) is 12.3 Å². The lowest BCUT2D eigenvalue weighted by Gasteiger charge is -2.68. The number of rotatable bonds is 2. The number of nitrogens with zero attached hydrogens (tertiary/aromatic N) is 1. The molecule has 12 atom stereocenters. The average molecular weight is 378 g/mol. The Hall–Kier alpha value is -0.200. The van der Waals surface area contributed by atoms with Gasteiger partial charge in [0.25, 0.3) is 0 Å². The van der Waals surface area contributed by atoms with Gasteiger partial charge in [0, 0.05) is 49.3 Å². The summed E-state index contributed by atoms with van der Waals surface area (Å²) >= 11 is 0. The lowest BCUT2D eigenvalue weighted by Crippen LogP contribution is -2.75. The van der Waals surface area contributed by atoms with Crippen LogP contribution in [0.15, 0.2) is 0 Å². The molecule has 0 radical (unpaired) electrons. The maximum atomic E-state index is 12.1. The van der Waals surface area contributed by atoms with Crippen molar-refractivity contribution >= 4 is 0 Å². The van der Waals surface area contributed by atoms with Crippen LogP contribution < -0.4 is 0 Å². The largest absolute Gasteiger partial charge is 0.392 e. The zero-order chi connectivity index (χ0) is 18.9. The van der Waals surface area contributed by atoms with Gasteiger partial charge in [0.1, 0.15) is 0 Å². The molecule has 5 aliphatic carbocycles. The van der Waals surface area contributed by atoms with E-state index in [1.54, 1.807) is 7.11 Å². The van der Waals surface area contributed by atoms with Gasteiger partial charge < -0.3 is 20.1 Å². The number of methoxy groups -OCH3 is 1. The quantitative estimate of drug-likeness (QED) is 0.676. The number of hydrogen-bond acceptors (Lipinski definition) is 5. The lowest BCUT2D eigenvalue weighted by atomic mass is 9.43. The molecule has 6 rings (SSSR count). The number of aliphatic hydroxyl groups excluding tert-OH is 2. The van der Waals surface area contributed by atoms with Gasteiger partial charge in [0.2, 0.25) is 0 Å². The van der Waals surface area contributed by atoms with Gasteiger partial charge in [-0.05, 0) is 49.5 Å². The Morgan fingerprint density at radius 2 is 1.96 bits per heavy atom. The first-order valence-corrected chi connectivity index (χ1v) is 11.2. The first-order valence-electron chi connectivity index (χ1n) is 11.2. The third-order valence-electron chi connectivity index (χ3n) is 10.7. The van der Waals surface area contributed by atoms with Crippen LogP contribution in [0.2, 0.25) is 0 Å². The normalized spacial score (nSPS) is 66.2. The van der Waals surface area contributed by atoms with Crippen LogP contribution in [0.3, 0.4) is 0 Å². The molecule has 152 valence electrons. The highest BCUT2D eigenvalue weighted by molar-refractivity contribution is 5.32. The summed E-state index contributed by atoms with van der Waals surface area (Å²) in [5, 5.41) is 34.9. The minimum Gasteiger partial charge on any atom is -0.392 e. The molecule has 1 saturated heterocycles. The molecule has 0 amide bonds. The van der Waals surface area contributed by atoms with Gasteiger partial charge in [0.05, 0.1) is 23.9 Å². The van der Waals surface area contributed by atoms with E-state index < -0.39 is 11.7 Å². The average Bonchev–Trinajstić information content (AvgIpc) is 3.07. The molecule has 5 nitrogen and oxygen atoms in total. The molecule has 1 heterocycles. The SMILES string of the molecule is CCN1C[C@]2(C)CCC(O)C34C5C[C@H]6C(O)C5[C@](O)(C[C@@H]6OC)C(CC32)[C@H]14.